The third-order valence-electron chi connectivity index (χ3n) is 1.63. The Morgan fingerprint density at radius 1 is 1.19 bits per heavy atom. The molecule has 0 aromatic carbocycles. The SMILES string of the molecule is COP(=O)(CC(=O)CC(=O)OC(C)C)OC. The number of rotatable bonds is 7. The molecule has 0 atom stereocenters. The zero-order chi connectivity index (χ0) is 12.8. The largest absolute Gasteiger partial charge is 0.463 e. The fraction of sp³-hybridized carbons (Fsp3) is 0.778. The number of Topliss-reactive ketones (excluding diaryl/α,β-unsaturated/α-hetero) is 1. The lowest BCUT2D eigenvalue weighted by atomic mass is 10.3. The lowest BCUT2D eigenvalue weighted by Crippen LogP contribution is -2.18. The predicted octanol–water partition coefficient (Wildman–Crippen LogP) is 1.38. The fourth-order valence-electron chi connectivity index (χ4n) is 0.941. The molecule has 0 aromatic heterocycles. The molecule has 0 heterocycles. The highest BCUT2D eigenvalue weighted by atomic mass is 31.2. The molecule has 0 saturated carbocycles. The Bertz CT molecular complexity index is 290. The molecular formula is C9H17O6P. The van der Waals surface area contributed by atoms with Crippen LogP contribution in [-0.2, 0) is 27.9 Å². The van der Waals surface area contributed by atoms with E-state index < -0.39 is 31.9 Å². The van der Waals surface area contributed by atoms with Gasteiger partial charge in [0, 0.05) is 14.2 Å². The van der Waals surface area contributed by atoms with Crippen molar-refractivity contribution in [3.05, 3.63) is 0 Å². The van der Waals surface area contributed by atoms with E-state index in [-0.39, 0.29) is 6.10 Å². The Morgan fingerprint density at radius 2 is 1.69 bits per heavy atom. The average molecular weight is 252 g/mol. The first-order valence-electron chi connectivity index (χ1n) is 4.74. The highest BCUT2D eigenvalue weighted by molar-refractivity contribution is 7.54. The maximum Gasteiger partial charge on any atom is 0.337 e. The van der Waals surface area contributed by atoms with Gasteiger partial charge in [0.2, 0.25) is 0 Å². The van der Waals surface area contributed by atoms with Crippen molar-refractivity contribution in [2.45, 2.75) is 26.4 Å². The second-order valence-corrected chi connectivity index (χ2v) is 5.66. The molecule has 0 fully saturated rings. The van der Waals surface area contributed by atoms with Crippen molar-refractivity contribution in [3.8, 4) is 0 Å². The van der Waals surface area contributed by atoms with Gasteiger partial charge in [-0.25, -0.2) is 0 Å². The minimum absolute atomic E-state index is 0.281. The fourth-order valence-corrected chi connectivity index (χ4v) is 1.89. The summed E-state index contributed by atoms with van der Waals surface area (Å²) >= 11 is 0. The molecule has 0 radical (unpaired) electrons. The Labute approximate surface area is 94.8 Å². The molecule has 0 spiro atoms. The summed E-state index contributed by atoms with van der Waals surface area (Å²) in [6.07, 6.45) is -1.13. The molecular weight excluding hydrogens is 235 g/mol. The summed E-state index contributed by atoms with van der Waals surface area (Å²) in [5.41, 5.74) is 0. The first kappa shape index (κ1) is 15.3. The molecule has 0 aromatic rings. The quantitative estimate of drug-likeness (QED) is 0.387. The molecule has 0 saturated heterocycles. The van der Waals surface area contributed by atoms with Gasteiger partial charge in [-0.15, -0.1) is 0 Å². The van der Waals surface area contributed by atoms with Crippen molar-refractivity contribution in [3.63, 3.8) is 0 Å². The summed E-state index contributed by atoms with van der Waals surface area (Å²) in [6.45, 7) is 3.36. The summed E-state index contributed by atoms with van der Waals surface area (Å²) in [5.74, 6) is -1.17. The number of hydrogen-bond donors (Lipinski definition) is 0. The number of carbonyl (C=O) groups is 2. The van der Waals surface area contributed by atoms with Gasteiger partial charge in [0.05, 0.1) is 6.10 Å². The van der Waals surface area contributed by atoms with Gasteiger partial charge >= 0.3 is 13.6 Å². The van der Waals surface area contributed by atoms with Crippen LogP contribution in [0.3, 0.4) is 0 Å². The average Bonchev–Trinajstić information content (AvgIpc) is 2.15. The Kier molecular flexibility index (Phi) is 6.48. The zero-order valence-corrected chi connectivity index (χ0v) is 10.8. The van der Waals surface area contributed by atoms with Crippen LogP contribution in [0, 0.1) is 0 Å². The van der Waals surface area contributed by atoms with E-state index in [0.717, 1.165) is 0 Å². The summed E-state index contributed by atoms with van der Waals surface area (Å²) in [4.78, 5) is 22.4. The minimum atomic E-state index is -3.39. The van der Waals surface area contributed by atoms with E-state index in [9.17, 15) is 14.2 Å². The highest BCUT2D eigenvalue weighted by Crippen LogP contribution is 2.46. The van der Waals surface area contributed by atoms with Crippen molar-refractivity contribution in [1.29, 1.82) is 0 Å². The summed E-state index contributed by atoms with van der Waals surface area (Å²) in [6, 6.07) is 0. The maximum absolute atomic E-state index is 11.5. The van der Waals surface area contributed by atoms with E-state index >= 15 is 0 Å². The van der Waals surface area contributed by atoms with E-state index in [1.54, 1.807) is 13.8 Å². The topological polar surface area (TPSA) is 78.9 Å². The minimum Gasteiger partial charge on any atom is -0.463 e. The normalized spacial score (nSPS) is 11.6. The van der Waals surface area contributed by atoms with Crippen LogP contribution < -0.4 is 0 Å². The third-order valence-corrected chi connectivity index (χ3v) is 3.49. The van der Waals surface area contributed by atoms with Gasteiger partial charge in [0.15, 0.2) is 5.78 Å². The van der Waals surface area contributed by atoms with Gasteiger partial charge < -0.3 is 13.8 Å². The van der Waals surface area contributed by atoms with Gasteiger partial charge in [0.25, 0.3) is 0 Å². The van der Waals surface area contributed by atoms with Crippen LogP contribution >= 0.6 is 7.60 Å². The van der Waals surface area contributed by atoms with Gasteiger partial charge in [-0.2, -0.15) is 0 Å². The Balaban J connectivity index is 4.18. The van der Waals surface area contributed by atoms with Crippen molar-refractivity contribution in [1.82, 2.24) is 0 Å². The van der Waals surface area contributed by atoms with Crippen LogP contribution in [0.5, 0.6) is 0 Å². The molecule has 16 heavy (non-hydrogen) atoms. The van der Waals surface area contributed by atoms with Crippen LogP contribution in [0.1, 0.15) is 20.3 Å². The third kappa shape index (κ3) is 6.00. The standard InChI is InChI=1S/C9H17O6P/c1-7(2)15-9(11)5-8(10)6-16(12,13-3)14-4/h7H,5-6H2,1-4H3. The van der Waals surface area contributed by atoms with Crippen LogP contribution in [0.2, 0.25) is 0 Å². The molecule has 0 rings (SSSR count). The smallest absolute Gasteiger partial charge is 0.337 e. The molecule has 0 aliphatic carbocycles. The second-order valence-electron chi connectivity index (χ2n) is 3.39. The molecule has 0 N–H and O–H groups in total. The number of ketones is 1. The lowest BCUT2D eigenvalue weighted by molar-refractivity contribution is -0.149. The van der Waals surface area contributed by atoms with E-state index in [1.165, 1.54) is 14.2 Å². The van der Waals surface area contributed by atoms with E-state index in [1.807, 2.05) is 0 Å². The monoisotopic (exact) mass is 252 g/mol. The number of hydrogen-bond acceptors (Lipinski definition) is 6. The lowest BCUT2D eigenvalue weighted by Gasteiger charge is -2.12. The number of carbonyl (C=O) groups excluding carboxylic acids is 2. The summed E-state index contributed by atoms with van der Waals surface area (Å²) in [7, 11) is -1.02. The zero-order valence-electron chi connectivity index (χ0n) is 9.89. The molecule has 0 amide bonds. The Morgan fingerprint density at radius 3 is 2.06 bits per heavy atom. The van der Waals surface area contributed by atoms with E-state index in [2.05, 4.69) is 9.05 Å². The number of esters is 1. The summed E-state index contributed by atoms with van der Waals surface area (Å²) < 4.78 is 25.5. The van der Waals surface area contributed by atoms with Crippen LogP contribution in [0.25, 0.3) is 0 Å². The molecule has 0 unspecified atom stereocenters. The molecule has 94 valence electrons. The van der Waals surface area contributed by atoms with Crippen LogP contribution in [0.15, 0.2) is 0 Å². The van der Waals surface area contributed by atoms with Crippen molar-refractivity contribution in [2.75, 3.05) is 20.4 Å². The first-order chi connectivity index (χ1) is 7.33. The second kappa shape index (κ2) is 6.78. The summed E-state index contributed by atoms with van der Waals surface area (Å²) in [5, 5.41) is 0. The van der Waals surface area contributed by atoms with E-state index in [0.29, 0.717) is 0 Å². The molecule has 0 bridgehead atoms. The molecule has 0 aliphatic rings. The molecule has 0 aliphatic heterocycles. The maximum atomic E-state index is 11.5. The van der Waals surface area contributed by atoms with E-state index in [4.69, 9.17) is 4.74 Å². The highest BCUT2D eigenvalue weighted by Gasteiger charge is 2.27. The van der Waals surface area contributed by atoms with Crippen molar-refractivity contribution in [2.24, 2.45) is 0 Å². The number of ether oxygens (including phenoxy) is 1. The van der Waals surface area contributed by atoms with Crippen molar-refractivity contribution < 1.29 is 27.9 Å². The van der Waals surface area contributed by atoms with Gasteiger partial charge in [-0.05, 0) is 13.8 Å². The first-order valence-corrected chi connectivity index (χ1v) is 6.47. The van der Waals surface area contributed by atoms with Crippen LogP contribution in [0.4, 0.5) is 0 Å². The molecule has 7 heteroatoms. The van der Waals surface area contributed by atoms with Crippen LogP contribution in [-0.4, -0.2) is 38.2 Å². The van der Waals surface area contributed by atoms with Gasteiger partial charge in [0.1, 0.15) is 12.6 Å². The van der Waals surface area contributed by atoms with Gasteiger partial charge in [-0.3, -0.25) is 14.2 Å². The van der Waals surface area contributed by atoms with Gasteiger partial charge in [-0.1, -0.05) is 0 Å². The predicted molar refractivity (Wildman–Crippen MR) is 57.3 cm³/mol. The molecule has 6 nitrogen and oxygen atoms in total. The Hall–Kier alpha value is -0.710. The van der Waals surface area contributed by atoms with Crippen molar-refractivity contribution >= 4 is 19.3 Å².